The fraction of sp³-hybridized carbons (Fsp3) is 0.200. The second-order valence-electron chi connectivity index (χ2n) is 4.76. The molecule has 0 aliphatic heterocycles. The van der Waals surface area contributed by atoms with Crippen LogP contribution in [0, 0.1) is 13.8 Å². The summed E-state index contributed by atoms with van der Waals surface area (Å²) in [5, 5.41) is 0. The van der Waals surface area contributed by atoms with Crippen molar-refractivity contribution in [3.8, 4) is 5.75 Å². The fourth-order valence-corrected chi connectivity index (χ4v) is 1.94. The van der Waals surface area contributed by atoms with Gasteiger partial charge in [-0.3, -0.25) is 0 Å². The largest absolute Gasteiger partial charge is 0.484 e. The highest BCUT2D eigenvalue weighted by Gasteiger charge is 2.08. The predicted molar refractivity (Wildman–Crippen MR) is 76.5 cm³/mol. The molecule has 0 saturated carbocycles. The van der Waals surface area contributed by atoms with Crippen LogP contribution >= 0.6 is 0 Å². The lowest BCUT2D eigenvalue weighted by molar-refractivity contribution is 0.265. The van der Waals surface area contributed by atoms with E-state index in [1.54, 1.807) is 12.3 Å². The lowest BCUT2D eigenvalue weighted by Gasteiger charge is -2.07. The van der Waals surface area contributed by atoms with Crippen LogP contribution in [0.2, 0.25) is 0 Å². The molecule has 20 heavy (non-hydrogen) atoms. The van der Waals surface area contributed by atoms with Gasteiger partial charge in [-0.1, -0.05) is 12.1 Å². The lowest BCUT2D eigenvalue weighted by atomic mass is 10.1. The van der Waals surface area contributed by atoms with Gasteiger partial charge in [0.1, 0.15) is 5.75 Å². The number of nitrogen functional groups attached to an aromatic ring is 1. The van der Waals surface area contributed by atoms with Gasteiger partial charge in [0.15, 0.2) is 17.8 Å². The van der Waals surface area contributed by atoms with Crippen LogP contribution in [-0.4, -0.2) is 9.97 Å². The summed E-state index contributed by atoms with van der Waals surface area (Å²) in [5.41, 5.74) is 9.55. The van der Waals surface area contributed by atoms with Crippen LogP contribution in [0.5, 0.6) is 5.75 Å². The Hall–Kier alpha value is -2.56. The number of ether oxygens (including phenoxy) is 1. The van der Waals surface area contributed by atoms with E-state index in [9.17, 15) is 0 Å². The summed E-state index contributed by atoms with van der Waals surface area (Å²) in [6.07, 6.45) is 1.56. The summed E-state index contributed by atoms with van der Waals surface area (Å²) in [5.74, 6) is 1.32. The van der Waals surface area contributed by atoms with Crippen molar-refractivity contribution in [3.63, 3.8) is 0 Å². The molecule has 2 heterocycles. The molecule has 0 atom stereocenters. The standard InChI is InChI=1S/C15H15N3O2/c1-9-3-4-10(2)12(5-9)19-8-14-18-15-13(20-14)6-11(16)7-17-15/h3-7H,8,16H2,1-2H3. The Morgan fingerprint density at radius 1 is 1.25 bits per heavy atom. The highest BCUT2D eigenvalue weighted by molar-refractivity contribution is 5.71. The minimum absolute atomic E-state index is 0.264. The Balaban J connectivity index is 1.81. The number of hydrogen-bond donors (Lipinski definition) is 1. The van der Waals surface area contributed by atoms with Crippen LogP contribution in [0.1, 0.15) is 17.0 Å². The Labute approximate surface area is 116 Å². The van der Waals surface area contributed by atoms with Gasteiger partial charge in [0.2, 0.25) is 5.89 Å². The van der Waals surface area contributed by atoms with E-state index in [1.807, 2.05) is 32.0 Å². The molecule has 0 radical (unpaired) electrons. The first-order valence-corrected chi connectivity index (χ1v) is 6.33. The van der Waals surface area contributed by atoms with Crippen molar-refractivity contribution in [2.75, 3.05) is 5.73 Å². The lowest BCUT2D eigenvalue weighted by Crippen LogP contribution is -1.97. The van der Waals surface area contributed by atoms with Crippen molar-refractivity contribution in [2.45, 2.75) is 20.5 Å². The van der Waals surface area contributed by atoms with E-state index in [0.29, 0.717) is 22.8 Å². The summed E-state index contributed by atoms with van der Waals surface area (Å²) in [6.45, 7) is 4.29. The maximum atomic E-state index is 5.75. The molecule has 5 heteroatoms. The number of fused-ring (bicyclic) bond motifs is 1. The Morgan fingerprint density at radius 3 is 2.95 bits per heavy atom. The van der Waals surface area contributed by atoms with Crippen LogP contribution in [0.3, 0.4) is 0 Å². The first kappa shape index (κ1) is 12.5. The molecule has 102 valence electrons. The van der Waals surface area contributed by atoms with Crippen LogP contribution < -0.4 is 10.5 Å². The van der Waals surface area contributed by atoms with Crippen molar-refractivity contribution >= 4 is 16.9 Å². The van der Waals surface area contributed by atoms with Gasteiger partial charge in [-0.05, 0) is 31.0 Å². The number of anilines is 1. The maximum absolute atomic E-state index is 5.75. The van der Waals surface area contributed by atoms with Crippen molar-refractivity contribution in [3.05, 3.63) is 47.5 Å². The molecule has 0 bridgehead atoms. The predicted octanol–water partition coefficient (Wildman–Crippen LogP) is 3.00. The molecule has 3 aromatic rings. The summed E-state index contributed by atoms with van der Waals surface area (Å²) in [7, 11) is 0. The first-order chi connectivity index (χ1) is 9.61. The molecule has 0 saturated heterocycles. The van der Waals surface area contributed by atoms with Crippen molar-refractivity contribution in [1.82, 2.24) is 9.97 Å². The number of pyridine rings is 1. The number of aromatic nitrogens is 2. The number of rotatable bonds is 3. The van der Waals surface area contributed by atoms with Gasteiger partial charge in [-0.25, -0.2) is 4.98 Å². The molecule has 0 aliphatic carbocycles. The molecule has 0 fully saturated rings. The summed E-state index contributed by atoms with van der Waals surface area (Å²) >= 11 is 0. The van der Waals surface area contributed by atoms with E-state index in [1.165, 1.54) is 0 Å². The minimum atomic E-state index is 0.264. The molecular weight excluding hydrogens is 254 g/mol. The van der Waals surface area contributed by atoms with E-state index in [0.717, 1.165) is 16.9 Å². The van der Waals surface area contributed by atoms with Crippen LogP contribution in [-0.2, 0) is 6.61 Å². The molecule has 1 aromatic carbocycles. The van der Waals surface area contributed by atoms with E-state index in [-0.39, 0.29) is 6.61 Å². The maximum Gasteiger partial charge on any atom is 0.235 e. The molecule has 0 unspecified atom stereocenters. The number of nitrogens with two attached hydrogens (primary N) is 1. The third-order valence-electron chi connectivity index (χ3n) is 3.01. The zero-order valence-corrected chi connectivity index (χ0v) is 11.4. The molecule has 2 N–H and O–H groups in total. The summed E-state index contributed by atoms with van der Waals surface area (Å²) in [6, 6.07) is 7.78. The number of aryl methyl sites for hydroxylation is 2. The average Bonchev–Trinajstić information content (AvgIpc) is 2.81. The fourth-order valence-electron chi connectivity index (χ4n) is 1.94. The highest BCUT2D eigenvalue weighted by Crippen LogP contribution is 2.21. The zero-order valence-electron chi connectivity index (χ0n) is 11.4. The molecule has 2 aromatic heterocycles. The van der Waals surface area contributed by atoms with Crippen LogP contribution in [0.15, 0.2) is 34.9 Å². The van der Waals surface area contributed by atoms with Crippen LogP contribution in [0.25, 0.3) is 11.2 Å². The Morgan fingerprint density at radius 2 is 2.10 bits per heavy atom. The monoisotopic (exact) mass is 269 g/mol. The number of nitrogens with zero attached hydrogens (tertiary/aromatic N) is 2. The molecular formula is C15H15N3O2. The van der Waals surface area contributed by atoms with Gasteiger partial charge in [0, 0.05) is 6.07 Å². The van der Waals surface area contributed by atoms with E-state index in [4.69, 9.17) is 14.9 Å². The van der Waals surface area contributed by atoms with Gasteiger partial charge in [-0.2, -0.15) is 4.98 Å². The quantitative estimate of drug-likeness (QED) is 0.791. The smallest absolute Gasteiger partial charge is 0.235 e. The molecule has 0 aliphatic rings. The average molecular weight is 269 g/mol. The van der Waals surface area contributed by atoms with Crippen LogP contribution in [0.4, 0.5) is 5.69 Å². The van der Waals surface area contributed by atoms with Gasteiger partial charge >= 0.3 is 0 Å². The van der Waals surface area contributed by atoms with Gasteiger partial charge in [0.05, 0.1) is 11.9 Å². The summed E-state index contributed by atoms with van der Waals surface area (Å²) < 4.78 is 11.3. The Bertz CT molecular complexity index is 765. The minimum Gasteiger partial charge on any atom is -0.484 e. The van der Waals surface area contributed by atoms with Crippen molar-refractivity contribution < 1.29 is 9.15 Å². The summed E-state index contributed by atoms with van der Waals surface area (Å²) in [4.78, 5) is 8.37. The third-order valence-corrected chi connectivity index (χ3v) is 3.01. The van der Waals surface area contributed by atoms with E-state index < -0.39 is 0 Å². The van der Waals surface area contributed by atoms with Gasteiger partial charge < -0.3 is 14.9 Å². The second kappa shape index (κ2) is 4.85. The molecule has 3 rings (SSSR count). The Kier molecular flexibility index (Phi) is 3.02. The van der Waals surface area contributed by atoms with E-state index in [2.05, 4.69) is 9.97 Å². The second-order valence-corrected chi connectivity index (χ2v) is 4.76. The normalized spacial score (nSPS) is 10.9. The topological polar surface area (TPSA) is 74.2 Å². The van der Waals surface area contributed by atoms with Crippen molar-refractivity contribution in [2.24, 2.45) is 0 Å². The molecule has 0 amide bonds. The number of oxazole rings is 1. The molecule has 5 nitrogen and oxygen atoms in total. The van der Waals surface area contributed by atoms with Gasteiger partial charge in [-0.15, -0.1) is 0 Å². The number of hydrogen-bond acceptors (Lipinski definition) is 5. The van der Waals surface area contributed by atoms with E-state index >= 15 is 0 Å². The first-order valence-electron chi connectivity index (χ1n) is 6.33. The highest BCUT2D eigenvalue weighted by atomic mass is 16.5. The number of benzene rings is 1. The third kappa shape index (κ3) is 2.42. The zero-order chi connectivity index (χ0) is 14.1. The van der Waals surface area contributed by atoms with Crippen molar-refractivity contribution in [1.29, 1.82) is 0 Å². The van der Waals surface area contributed by atoms with Gasteiger partial charge in [0.25, 0.3) is 0 Å². The SMILES string of the molecule is Cc1ccc(C)c(OCc2nc3ncc(N)cc3o2)c1. The molecule has 0 spiro atoms.